The van der Waals surface area contributed by atoms with Gasteiger partial charge in [0.2, 0.25) is 0 Å². The van der Waals surface area contributed by atoms with Crippen molar-refractivity contribution in [3.8, 4) is 5.75 Å². The van der Waals surface area contributed by atoms with Crippen LogP contribution in [0.5, 0.6) is 5.75 Å². The first-order valence-electron chi connectivity index (χ1n) is 5.64. The molecule has 0 aliphatic rings. The molecule has 0 atom stereocenters. The molecule has 1 aromatic heterocycles. The van der Waals surface area contributed by atoms with Crippen molar-refractivity contribution in [2.75, 3.05) is 0 Å². The van der Waals surface area contributed by atoms with E-state index in [1.807, 2.05) is 36.4 Å². The number of hydrogen-bond donors (Lipinski definition) is 1. The highest BCUT2D eigenvalue weighted by Gasteiger charge is 2.07. The molecule has 0 unspecified atom stereocenters. The van der Waals surface area contributed by atoms with Crippen LogP contribution in [0.25, 0.3) is 10.9 Å². The molecule has 4 heteroatoms. The Labute approximate surface area is 118 Å². The van der Waals surface area contributed by atoms with Crippen LogP contribution in [0.15, 0.2) is 48.5 Å². The number of nitrogens with zero attached hydrogens (tertiary/aromatic N) is 1. The van der Waals surface area contributed by atoms with Gasteiger partial charge in [0, 0.05) is 5.39 Å². The maximum absolute atomic E-state index is 5.84. The molecule has 0 aliphatic carbocycles. The Morgan fingerprint density at radius 3 is 2.72 bits per heavy atom. The fourth-order valence-corrected chi connectivity index (χ4v) is 2.41. The van der Waals surface area contributed by atoms with Crippen LogP contribution >= 0.6 is 22.6 Å². The molecule has 3 aromatic rings. The highest BCUT2D eigenvalue weighted by Crippen LogP contribution is 2.27. The number of ether oxygens (including phenoxy) is 1. The zero-order valence-electron chi connectivity index (χ0n) is 9.56. The highest BCUT2D eigenvalue weighted by molar-refractivity contribution is 14.1. The second kappa shape index (κ2) is 4.97. The van der Waals surface area contributed by atoms with Crippen LogP contribution < -0.4 is 4.74 Å². The van der Waals surface area contributed by atoms with Gasteiger partial charge in [-0.15, -0.1) is 0 Å². The first-order chi connectivity index (χ1) is 8.84. The molecule has 2 aromatic carbocycles. The summed E-state index contributed by atoms with van der Waals surface area (Å²) in [6.07, 6.45) is 0. The number of H-pyrrole nitrogens is 1. The van der Waals surface area contributed by atoms with Crippen molar-refractivity contribution in [3.05, 3.63) is 57.8 Å². The Hall–Kier alpha value is -1.56. The predicted molar refractivity (Wildman–Crippen MR) is 79.6 cm³/mol. The van der Waals surface area contributed by atoms with Gasteiger partial charge in [0.25, 0.3) is 0 Å². The summed E-state index contributed by atoms with van der Waals surface area (Å²) in [5, 5.41) is 8.30. The van der Waals surface area contributed by atoms with Gasteiger partial charge in [0.1, 0.15) is 21.6 Å². The van der Waals surface area contributed by atoms with Crippen molar-refractivity contribution >= 4 is 33.5 Å². The van der Waals surface area contributed by atoms with E-state index < -0.39 is 0 Å². The maximum Gasteiger partial charge on any atom is 0.145 e. The van der Waals surface area contributed by atoms with Crippen molar-refractivity contribution in [2.24, 2.45) is 0 Å². The zero-order valence-corrected chi connectivity index (χ0v) is 11.7. The molecular formula is C14H11IN2O. The van der Waals surface area contributed by atoms with Crippen LogP contribution in [0.1, 0.15) is 5.56 Å². The quantitative estimate of drug-likeness (QED) is 0.731. The lowest BCUT2D eigenvalue weighted by molar-refractivity contribution is 0.309. The van der Waals surface area contributed by atoms with Crippen LogP contribution in [0.4, 0.5) is 0 Å². The van der Waals surface area contributed by atoms with Gasteiger partial charge in [-0.05, 0) is 40.3 Å². The number of aromatic amines is 1. The number of benzene rings is 2. The van der Waals surface area contributed by atoms with E-state index in [0.717, 1.165) is 25.9 Å². The number of halogens is 1. The van der Waals surface area contributed by atoms with E-state index in [4.69, 9.17) is 4.74 Å². The Balaban J connectivity index is 1.87. The third kappa shape index (κ3) is 2.20. The summed E-state index contributed by atoms with van der Waals surface area (Å²) in [6.45, 7) is 0.565. The number of aromatic nitrogens is 2. The molecule has 3 rings (SSSR count). The van der Waals surface area contributed by atoms with Crippen molar-refractivity contribution in [1.82, 2.24) is 10.2 Å². The fraction of sp³-hybridized carbons (Fsp3) is 0.0714. The van der Waals surface area contributed by atoms with E-state index in [-0.39, 0.29) is 0 Å². The Bertz CT molecular complexity index is 664. The van der Waals surface area contributed by atoms with Gasteiger partial charge in [-0.25, -0.2) is 0 Å². The van der Waals surface area contributed by atoms with Gasteiger partial charge in [-0.2, -0.15) is 5.10 Å². The summed E-state index contributed by atoms with van der Waals surface area (Å²) in [6, 6.07) is 16.1. The highest BCUT2D eigenvalue weighted by atomic mass is 127. The largest absolute Gasteiger partial charge is 0.487 e. The average Bonchev–Trinajstić information content (AvgIpc) is 2.80. The molecule has 0 bridgehead atoms. The van der Waals surface area contributed by atoms with Crippen molar-refractivity contribution in [3.63, 3.8) is 0 Å². The monoisotopic (exact) mass is 350 g/mol. The summed E-state index contributed by atoms with van der Waals surface area (Å²) >= 11 is 2.21. The van der Waals surface area contributed by atoms with Crippen LogP contribution in [-0.2, 0) is 6.61 Å². The Morgan fingerprint density at radius 1 is 1.06 bits per heavy atom. The molecule has 3 nitrogen and oxygen atoms in total. The van der Waals surface area contributed by atoms with Crippen LogP contribution in [0, 0.1) is 3.70 Å². The third-order valence-electron chi connectivity index (χ3n) is 2.75. The molecule has 90 valence electrons. The minimum atomic E-state index is 0.565. The molecule has 0 fully saturated rings. The van der Waals surface area contributed by atoms with E-state index >= 15 is 0 Å². The maximum atomic E-state index is 5.84. The summed E-state index contributed by atoms with van der Waals surface area (Å²) in [7, 11) is 0. The fourth-order valence-electron chi connectivity index (χ4n) is 1.84. The second-order valence-electron chi connectivity index (χ2n) is 3.97. The lowest BCUT2D eigenvalue weighted by Gasteiger charge is -2.06. The zero-order chi connectivity index (χ0) is 12.4. The summed E-state index contributed by atoms with van der Waals surface area (Å²) in [5.41, 5.74) is 2.11. The van der Waals surface area contributed by atoms with E-state index in [1.54, 1.807) is 0 Å². The number of fused-ring (bicyclic) bond motifs is 1. The van der Waals surface area contributed by atoms with Crippen molar-refractivity contribution in [1.29, 1.82) is 0 Å². The van der Waals surface area contributed by atoms with Crippen LogP contribution in [0.3, 0.4) is 0 Å². The van der Waals surface area contributed by atoms with Gasteiger partial charge in [0.15, 0.2) is 0 Å². The molecule has 0 saturated carbocycles. The minimum Gasteiger partial charge on any atom is -0.487 e. The van der Waals surface area contributed by atoms with Crippen LogP contribution in [0.2, 0.25) is 0 Å². The summed E-state index contributed by atoms with van der Waals surface area (Å²) in [5.74, 6) is 0.840. The van der Waals surface area contributed by atoms with Crippen LogP contribution in [-0.4, -0.2) is 10.2 Å². The van der Waals surface area contributed by atoms with E-state index in [2.05, 4.69) is 44.9 Å². The first-order valence-corrected chi connectivity index (χ1v) is 6.72. The molecule has 18 heavy (non-hydrogen) atoms. The molecule has 0 radical (unpaired) electrons. The van der Waals surface area contributed by atoms with Crippen molar-refractivity contribution in [2.45, 2.75) is 6.61 Å². The number of rotatable bonds is 3. The van der Waals surface area contributed by atoms with E-state index in [1.165, 1.54) is 0 Å². The third-order valence-corrected chi connectivity index (χ3v) is 3.57. The lowest BCUT2D eigenvalue weighted by atomic mass is 10.2. The number of hydrogen-bond acceptors (Lipinski definition) is 2. The number of para-hydroxylation sites is 1. The van der Waals surface area contributed by atoms with Crippen molar-refractivity contribution < 1.29 is 4.74 Å². The number of nitrogens with one attached hydrogen (secondary N) is 1. The normalized spacial score (nSPS) is 10.7. The van der Waals surface area contributed by atoms with Gasteiger partial charge in [-0.3, -0.25) is 5.10 Å². The molecular weight excluding hydrogens is 339 g/mol. The van der Waals surface area contributed by atoms with E-state index in [9.17, 15) is 0 Å². The standard InChI is InChI=1S/C14H11IN2O/c15-14-11-7-4-8-12(13(11)16-17-14)18-9-10-5-2-1-3-6-10/h1-8H,9H2,(H,16,17). The summed E-state index contributed by atoms with van der Waals surface area (Å²) < 4.78 is 6.81. The first kappa shape index (κ1) is 11.5. The SMILES string of the molecule is Ic1n[nH]c2c(OCc3ccccc3)cccc12. The topological polar surface area (TPSA) is 37.9 Å². The molecule has 0 amide bonds. The van der Waals surface area contributed by atoms with Gasteiger partial charge < -0.3 is 4.74 Å². The molecule has 0 saturated heterocycles. The molecule has 0 spiro atoms. The summed E-state index contributed by atoms with van der Waals surface area (Å²) in [4.78, 5) is 0. The second-order valence-corrected chi connectivity index (χ2v) is 4.99. The minimum absolute atomic E-state index is 0.565. The van der Waals surface area contributed by atoms with Gasteiger partial charge >= 0.3 is 0 Å². The van der Waals surface area contributed by atoms with Gasteiger partial charge in [-0.1, -0.05) is 36.4 Å². The van der Waals surface area contributed by atoms with E-state index in [0.29, 0.717) is 6.61 Å². The predicted octanol–water partition coefficient (Wildman–Crippen LogP) is 3.75. The lowest BCUT2D eigenvalue weighted by Crippen LogP contribution is -1.95. The molecule has 0 aliphatic heterocycles. The Morgan fingerprint density at radius 2 is 1.89 bits per heavy atom. The van der Waals surface area contributed by atoms with Gasteiger partial charge in [0.05, 0.1) is 0 Å². The smallest absolute Gasteiger partial charge is 0.145 e. The molecule has 1 heterocycles. The molecule has 1 N–H and O–H groups in total. The average molecular weight is 350 g/mol. The Kier molecular flexibility index (Phi) is 3.19.